The maximum atomic E-state index is 6.73. The van der Waals surface area contributed by atoms with Crippen molar-refractivity contribution < 1.29 is 4.42 Å². The third-order valence-electron chi connectivity index (χ3n) is 9.98. The van der Waals surface area contributed by atoms with Crippen molar-refractivity contribution in [2.75, 3.05) is 0 Å². The fraction of sp³-hybridized carbons (Fsp3) is 0.0222. The monoisotopic (exact) mass is 599 g/mol. The Labute approximate surface area is 271 Å². The number of benzene rings is 8. The zero-order valence-electron chi connectivity index (χ0n) is 25.9. The average Bonchev–Trinajstić information content (AvgIpc) is 3.65. The van der Waals surface area contributed by atoms with Crippen LogP contribution >= 0.6 is 0 Å². The molecular formula is C45H29NO. The fourth-order valence-corrected chi connectivity index (χ4v) is 7.98. The number of fused-ring (bicyclic) bond motifs is 8. The second-order valence-corrected chi connectivity index (χ2v) is 12.5. The summed E-state index contributed by atoms with van der Waals surface area (Å²) in [5, 5.41) is 9.75. The summed E-state index contributed by atoms with van der Waals surface area (Å²) < 4.78 is 9.07. The summed E-state index contributed by atoms with van der Waals surface area (Å²) >= 11 is 0. The Bertz CT molecular complexity index is 2790. The highest BCUT2D eigenvalue weighted by atomic mass is 16.3. The summed E-state index contributed by atoms with van der Waals surface area (Å²) in [6, 6.07) is 57.0. The van der Waals surface area contributed by atoms with Gasteiger partial charge in [-0.3, -0.25) is 0 Å². The van der Waals surface area contributed by atoms with E-state index in [0.29, 0.717) is 0 Å². The van der Waals surface area contributed by atoms with Gasteiger partial charge in [-0.1, -0.05) is 133 Å². The minimum atomic E-state index is 0.902. The third-order valence-corrected chi connectivity index (χ3v) is 9.98. The maximum absolute atomic E-state index is 6.73. The lowest BCUT2D eigenvalue weighted by molar-refractivity contribution is 0.670. The minimum Gasteiger partial charge on any atom is -0.455 e. The van der Waals surface area contributed by atoms with Gasteiger partial charge in [-0.05, 0) is 68.1 Å². The molecule has 10 rings (SSSR count). The quantitative estimate of drug-likeness (QED) is 0.185. The van der Waals surface area contributed by atoms with Crippen molar-refractivity contribution in [3.63, 3.8) is 0 Å². The largest absolute Gasteiger partial charge is 0.455 e. The fourth-order valence-electron chi connectivity index (χ4n) is 7.98. The van der Waals surface area contributed by atoms with Crippen LogP contribution in [0, 0.1) is 0 Å². The normalized spacial score (nSPS) is 11.9. The summed E-state index contributed by atoms with van der Waals surface area (Å²) in [4.78, 5) is 0. The van der Waals surface area contributed by atoms with Crippen LogP contribution in [0.5, 0.6) is 0 Å². The summed E-state index contributed by atoms with van der Waals surface area (Å²) in [5.41, 5.74) is 11.5. The molecule has 0 saturated heterocycles. The van der Waals surface area contributed by atoms with E-state index in [1.54, 1.807) is 0 Å². The molecule has 0 radical (unpaired) electrons. The van der Waals surface area contributed by atoms with Crippen molar-refractivity contribution in [1.82, 2.24) is 4.57 Å². The molecule has 2 nitrogen and oxygen atoms in total. The van der Waals surface area contributed by atoms with Crippen LogP contribution in [0.1, 0.15) is 0 Å². The van der Waals surface area contributed by atoms with Crippen molar-refractivity contribution in [3.8, 4) is 33.4 Å². The molecule has 8 aromatic carbocycles. The molecule has 0 N–H and O–H groups in total. The van der Waals surface area contributed by atoms with Crippen LogP contribution in [0.15, 0.2) is 162 Å². The Hall–Kier alpha value is -6.12. The van der Waals surface area contributed by atoms with Crippen LogP contribution in [0.4, 0.5) is 0 Å². The number of aromatic nitrogens is 1. The molecule has 47 heavy (non-hydrogen) atoms. The highest BCUT2D eigenvalue weighted by Gasteiger charge is 2.22. The van der Waals surface area contributed by atoms with Gasteiger partial charge in [0, 0.05) is 45.2 Å². The number of hydrogen-bond donors (Lipinski definition) is 0. The topological polar surface area (TPSA) is 18.1 Å². The molecule has 0 aliphatic rings. The van der Waals surface area contributed by atoms with Crippen molar-refractivity contribution >= 4 is 65.3 Å². The molecule has 0 saturated carbocycles. The zero-order valence-corrected chi connectivity index (χ0v) is 25.9. The van der Waals surface area contributed by atoms with Crippen LogP contribution in [0.25, 0.3) is 98.7 Å². The zero-order chi connectivity index (χ0) is 31.1. The van der Waals surface area contributed by atoms with E-state index < -0.39 is 0 Å². The first kappa shape index (κ1) is 26.1. The molecule has 0 bridgehead atoms. The van der Waals surface area contributed by atoms with Gasteiger partial charge in [0.25, 0.3) is 0 Å². The predicted molar refractivity (Wildman–Crippen MR) is 199 cm³/mol. The van der Waals surface area contributed by atoms with Gasteiger partial charge < -0.3 is 8.98 Å². The lowest BCUT2D eigenvalue weighted by Gasteiger charge is -2.18. The minimum absolute atomic E-state index is 0.902. The van der Waals surface area contributed by atoms with Crippen molar-refractivity contribution in [2.45, 2.75) is 0 Å². The van der Waals surface area contributed by atoms with E-state index in [2.05, 4.69) is 169 Å². The molecule has 0 aliphatic carbocycles. The Morgan fingerprint density at radius 1 is 0.404 bits per heavy atom. The van der Waals surface area contributed by atoms with Gasteiger partial charge in [-0.2, -0.15) is 0 Å². The second-order valence-electron chi connectivity index (χ2n) is 12.5. The molecule has 0 spiro atoms. The molecule has 0 atom stereocenters. The SMILES string of the molecule is Cn1c2ccccc2c2cccc(-c3cc(-c4c5ccccc5c(-c5ccccc5)c5ccccc45)cc4c3oc3ccccc34)c21. The summed E-state index contributed by atoms with van der Waals surface area (Å²) in [5.74, 6) is 0. The van der Waals surface area contributed by atoms with Crippen LogP contribution in [0.2, 0.25) is 0 Å². The van der Waals surface area contributed by atoms with E-state index >= 15 is 0 Å². The van der Waals surface area contributed by atoms with E-state index in [0.717, 1.165) is 27.5 Å². The molecule has 0 unspecified atom stereocenters. The molecule has 0 aliphatic heterocycles. The van der Waals surface area contributed by atoms with E-state index in [1.165, 1.54) is 71.2 Å². The molecule has 0 amide bonds. The smallest absolute Gasteiger partial charge is 0.143 e. The summed E-state index contributed by atoms with van der Waals surface area (Å²) in [6.45, 7) is 0. The summed E-state index contributed by atoms with van der Waals surface area (Å²) in [6.07, 6.45) is 0. The average molecular weight is 600 g/mol. The maximum Gasteiger partial charge on any atom is 0.143 e. The van der Waals surface area contributed by atoms with Gasteiger partial charge in [-0.25, -0.2) is 0 Å². The number of rotatable bonds is 3. The number of hydrogen-bond acceptors (Lipinski definition) is 1. The molecule has 220 valence electrons. The van der Waals surface area contributed by atoms with Gasteiger partial charge in [0.2, 0.25) is 0 Å². The van der Waals surface area contributed by atoms with E-state index in [9.17, 15) is 0 Å². The molecule has 2 heteroatoms. The highest BCUT2D eigenvalue weighted by molar-refractivity contribution is 6.23. The number of para-hydroxylation sites is 3. The third kappa shape index (κ3) is 3.73. The standard InChI is InChI=1S/C45H29NO/c1-46-40-24-11-9-16-30(40)36-22-13-23-37(44(36)46)39-27-29(26-38-31-17-10-12-25-41(31)47-45(38)39)43-34-20-7-5-18-32(34)42(28-14-3-2-4-15-28)33-19-6-8-21-35(33)43/h2-27H,1H3. The number of aryl methyl sites for hydroxylation is 1. The summed E-state index contributed by atoms with van der Waals surface area (Å²) in [7, 11) is 2.18. The van der Waals surface area contributed by atoms with Gasteiger partial charge in [-0.15, -0.1) is 0 Å². The molecular weight excluding hydrogens is 571 g/mol. The first-order valence-electron chi connectivity index (χ1n) is 16.2. The van der Waals surface area contributed by atoms with Gasteiger partial charge in [0.15, 0.2) is 0 Å². The highest BCUT2D eigenvalue weighted by Crippen LogP contribution is 2.47. The van der Waals surface area contributed by atoms with E-state index in [4.69, 9.17) is 4.42 Å². The van der Waals surface area contributed by atoms with Gasteiger partial charge in [0.05, 0.1) is 5.52 Å². The Balaban J connectivity index is 1.38. The molecule has 2 aromatic heterocycles. The number of furan rings is 1. The van der Waals surface area contributed by atoms with Crippen molar-refractivity contribution in [3.05, 3.63) is 158 Å². The second kappa shape index (κ2) is 9.94. The van der Waals surface area contributed by atoms with E-state index in [1.807, 2.05) is 0 Å². The van der Waals surface area contributed by atoms with Crippen LogP contribution < -0.4 is 0 Å². The molecule has 0 fully saturated rings. The van der Waals surface area contributed by atoms with Crippen LogP contribution in [-0.4, -0.2) is 4.57 Å². The van der Waals surface area contributed by atoms with E-state index in [-0.39, 0.29) is 0 Å². The van der Waals surface area contributed by atoms with Crippen LogP contribution in [-0.2, 0) is 7.05 Å². The Morgan fingerprint density at radius 3 is 1.66 bits per heavy atom. The first-order chi connectivity index (χ1) is 23.3. The predicted octanol–water partition coefficient (Wildman–Crippen LogP) is 12.5. The van der Waals surface area contributed by atoms with Crippen molar-refractivity contribution in [2.24, 2.45) is 7.05 Å². The Morgan fingerprint density at radius 2 is 0.957 bits per heavy atom. The van der Waals surface area contributed by atoms with Gasteiger partial charge in [0.1, 0.15) is 11.2 Å². The number of nitrogens with zero attached hydrogens (tertiary/aromatic N) is 1. The molecule has 10 aromatic rings. The first-order valence-corrected chi connectivity index (χ1v) is 16.2. The van der Waals surface area contributed by atoms with Crippen molar-refractivity contribution in [1.29, 1.82) is 0 Å². The molecule has 2 heterocycles. The van der Waals surface area contributed by atoms with Gasteiger partial charge >= 0.3 is 0 Å². The lowest BCUT2D eigenvalue weighted by atomic mass is 9.85. The van der Waals surface area contributed by atoms with Crippen LogP contribution in [0.3, 0.4) is 0 Å². The lowest BCUT2D eigenvalue weighted by Crippen LogP contribution is -1.93. The Kier molecular flexibility index (Phi) is 5.53.